The van der Waals surface area contributed by atoms with Crippen molar-refractivity contribution in [3.8, 4) is 28.3 Å². The molecule has 3 N–H and O–H groups in total. The second kappa shape index (κ2) is 21.8. The fraction of sp³-hybridized carbons (Fsp3) is 0.447. The molecule has 2 aliphatic rings. The molecule has 2 saturated heterocycles. The van der Waals surface area contributed by atoms with Crippen LogP contribution in [0.4, 0.5) is 28.9 Å². The number of nitrogens with zero attached hydrogens (tertiary/aromatic N) is 6. The zero-order valence-electron chi connectivity index (χ0n) is 39.3. The third-order valence-electron chi connectivity index (χ3n) is 11.5. The summed E-state index contributed by atoms with van der Waals surface area (Å²) in [5, 5.41) is 25.0. The van der Waals surface area contributed by atoms with Crippen LogP contribution in [0.25, 0.3) is 10.4 Å². The van der Waals surface area contributed by atoms with Crippen molar-refractivity contribution in [1.82, 2.24) is 25.5 Å². The fourth-order valence-corrected chi connectivity index (χ4v) is 9.23. The first-order valence-corrected chi connectivity index (χ1v) is 23.1. The van der Waals surface area contributed by atoms with Crippen LogP contribution in [0.15, 0.2) is 54.0 Å². The van der Waals surface area contributed by atoms with E-state index in [9.17, 15) is 42.7 Å². The van der Waals surface area contributed by atoms with Crippen molar-refractivity contribution in [2.45, 2.75) is 84.4 Å². The van der Waals surface area contributed by atoms with Crippen LogP contribution in [-0.4, -0.2) is 119 Å². The number of nitriles is 1. The standard InChI is InChI=1S/C47H52F4N8O9S2/c1-26-38(70-25-54-26)28-10-8-27(9-11-28)22-53-40(62)33-20-30(60)23-57(33)42(63)39(45(2,3)4)55-34(61)24-67-17-16-66-18-19-68-35-15-14-32(41(56-35)65-7)59-44(69)58(43(64)46(59,5)6)31-13-12-29(21-52)36(37(31)48)47(49,50)51/h8-15,25,30,33,39,60H,16-20,22-24H2,1-7H3,(H,53,62)(H,55,61)/t30-,33+,39-/m1/s1. The number of aromatic nitrogens is 2. The number of hydrogen-bond donors (Lipinski definition) is 3. The lowest BCUT2D eigenvalue weighted by Crippen LogP contribution is -2.58. The number of aryl methyl sites for hydroxylation is 1. The van der Waals surface area contributed by atoms with Gasteiger partial charge in [0.1, 0.15) is 42.1 Å². The number of benzene rings is 2. The Labute approximate surface area is 410 Å². The number of carbonyl (C=O) groups excluding carboxylic acids is 4. The number of carbonyl (C=O) groups is 4. The zero-order chi connectivity index (χ0) is 51.3. The molecular formula is C47H52F4N8O9S2. The Morgan fingerprint density at radius 3 is 2.33 bits per heavy atom. The Morgan fingerprint density at radius 2 is 1.70 bits per heavy atom. The molecule has 0 bridgehead atoms. The monoisotopic (exact) mass is 1010 g/mol. The molecule has 0 aliphatic carbocycles. The van der Waals surface area contributed by atoms with Crippen LogP contribution >= 0.6 is 23.6 Å². The molecule has 2 aromatic heterocycles. The van der Waals surface area contributed by atoms with E-state index in [-0.39, 0.29) is 68.5 Å². The minimum atomic E-state index is -5.24. The lowest BCUT2D eigenvalue weighted by atomic mass is 9.85. The van der Waals surface area contributed by atoms with Crippen LogP contribution in [-0.2, 0) is 41.4 Å². The van der Waals surface area contributed by atoms with Gasteiger partial charge in [-0.25, -0.2) is 9.37 Å². The van der Waals surface area contributed by atoms with E-state index >= 15 is 4.39 Å². The lowest BCUT2D eigenvalue weighted by Gasteiger charge is -2.35. The lowest BCUT2D eigenvalue weighted by molar-refractivity contribution is -0.144. The Kier molecular flexibility index (Phi) is 16.5. The van der Waals surface area contributed by atoms with E-state index in [1.165, 1.54) is 49.0 Å². The van der Waals surface area contributed by atoms with Gasteiger partial charge >= 0.3 is 6.18 Å². The summed E-state index contributed by atoms with van der Waals surface area (Å²) in [5.41, 5.74) is -1.19. The number of thiocarbonyl (C=S) groups is 1. The number of aliphatic hydroxyl groups excluding tert-OH is 1. The number of amides is 4. The molecule has 70 heavy (non-hydrogen) atoms. The Bertz CT molecular complexity index is 2650. The van der Waals surface area contributed by atoms with E-state index in [2.05, 4.69) is 20.6 Å². The summed E-state index contributed by atoms with van der Waals surface area (Å²) in [7, 11) is 1.28. The molecule has 374 valence electrons. The van der Waals surface area contributed by atoms with Crippen molar-refractivity contribution in [3.05, 3.63) is 82.2 Å². The highest BCUT2D eigenvalue weighted by Crippen LogP contribution is 2.44. The number of ether oxygens (including phenoxy) is 4. The number of aliphatic hydroxyl groups is 1. The average Bonchev–Trinajstić information content (AvgIpc) is 3.97. The molecule has 6 rings (SSSR count). The molecular weight excluding hydrogens is 961 g/mol. The number of hydrogen-bond acceptors (Lipinski definition) is 14. The molecule has 2 aliphatic heterocycles. The van der Waals surface area contributed by atoms with Crippen molar-refractivity contribution in [2.75, 3.05) is 56.5 Å². The number of halogens is 4. The molecule has 3 atom stereocenters. The molecule has 2 fully saturated rings. The third kappa shape index (κ3) is 11.6. The Hall–Kier alpha value is -6.32. The number of alkyl halides is 3. The van der Waals surface area contributed by atoms with Crippen molar-refractivity contribution in [3.63, 3.8) is 0 Å². The molecule has 4 amide bonds. The van der Waals surface area contributed by atoms with E-state index < -0.39 is 88.2 Å². The molecule has 4 aromatic rings. The van der Waals surface area contributed by atoms with Crippen LogP contribution in [0, 0.1) is 29.5 Å². The summed E-state index contributed by atoms with van der Waals surface area (Å²) in [5.74, 6) is -4.21. The van der Waals surface area contributed by atoms with Gasteiger partial charge in [-0.15, -0.1) is 11.3 Å². The summed E-state index contributed by atoms with van der Waals surface area (Å²) in [6.45, 7) is 9.97. The quantitative estimate of drug-likeness (QED) is 0.0622. The predicted molar refractivity (Wildman–Crippen MR) is 252 cm³/mol. The van der Waals surface area contributed by atoms with E-state index in [0.717, 1.165) is 33.8 Å². The van der Waals surface area contributed by atoms with E-state index in [0.29, 0.717) is 4.90 Å². The third-order valence-corrected chi connectivity index (χ3v) is 12.8. The predicted octanol–water partition coefficient (Wildman–Crippen LogP) is 5.69. The number of rotatable bonds is 18. The maximum Gasteiger partial charge on any atom is 0.420 e. The second-order valence-corrected chi connectivity index (χ2v) is 19.1. The van der Waals surface area contributed by atoms with Gasteiger partial charge < -0.3 is 39.6 Å². The van der Waals surface area contributed by atoms with E-state index in [1.807, 2.05) is 31.2 Å². The smallest absolute Gasteiger partial charge is 0.420 e. The van der Waals surface area contributed by atoms with Gasteiger partial charge in [-0.2, -0.15) is 23.4 Å². The van der Waals surface area contributed by atoms with Crippen LogP contribution < -0.4 is 29.9 Å². The summed E-state index contributed by atoms with van der Waals surface area (Å²) < 4.78 is 79.1. The molecule has 0 spiro atoms. The van der Waals surface area contributed by atoms with E-state index in [1.54, 1.807) is 37.6 Å². The van der Waals surface area contributed by atoms with Gasteiger partial charge in [0.05, 0.1) is 66.4 Å². The van der Waals surface area contributed by atoms with Crippen molar-refractivity contribution in [2.24, 2.45) is 5.41 Å². The molecule has 23 heteroatoms. The van der Waals surface area contributed by atoms with Gasteiger partial charge in [0.25, 0.3) is 5.91 Å². The first kappa shape index (κ1) is 53.0. The fourth-order valence-electron chi connectivity index (χ4n) is 7.91. The number of methoxy groups -OCH3 is 1. The minimum Gasteiger partial charge on any atom is -0.479 e. The van der Waals surface area contributed by atoms with Crippen LogP contribution in [0.1, 0.15) is 63.4 Å². The van der Waals surface area contributed by atoms with Gasteiger partial charge in [0.15, 0.2) is 10.9 Å². The van der Waals surface area contributed by atoms with Crippen molar-refractivity contribution >= 4 is 63.7 Å². The molecule has 17 nitrogen and oxygen atoms in total. The Balaban J connectivity index is 0.956. The van der Waals surface area contributed by atoms with E-state index in [4.69, 9.17) is 31.2 Å². The Morgan fingerprint density at radius 1 is 1.03 bits per heavy atom. The summed E-state index contributed by atoms with van der Waals surface area (Å²) in [6.07, 6.45) is -6.12. The molecule has 2 aromatic carbocycles. The molecule has 0 radical (unpaired) electrons. The first-order chi connectivity index (χ1) is 33.0. The maximum absolute atomic E-state index is 15.5. The van der Waals surface area contributed by atoms with Crippen LogP contribution in [0.5, 0.6) is 11.8 Å². The van der Waals surface area contributed by atoms with Crippen LogP contribution in [0.2, 0.25) is 0 Å². The van der Waals surface area contributed by atoms with Gasteiger partial charge in [-0.3, -0.25) is 29.0 Å². The molecule has 0 saturated carbocycles. The maximum atomic E-state index is 15.5. The average molecular weight is 1010 g/mol. The largest absolute Gasteiger partial charge is 0.479 e. The normalized spacial score (nSPS) is 17.4. The number of likely N-dealkylation sites (tertiary alicyclic amines) is 1. The van der Waals surface area contributed by atoms with Gasteiger partial charge in [0, 0.05) is 25.6 Å². The van der Waals surface area contributed by atoms with Crippen molar-refractivity contribution in [1.29, 1.82) is 5.26 Å². The number of thiazole rings is 1. The minimum absolute atomic E-state index is 0.00163. The van der Waals surface area contributed by atoms with Gasteiger partial charge in [-0.05, 0) is 67.7 Å². The summed E-state index contributed by atoms with van der Waals surface area (Å²) >= 11 is 7.07. The summed E-state index contributed by atoms with van der Waals surface area (Å²) in [4.78, 5) is 67.0. The summed E-state index contributed by atoms with van der Waals surface area (Å²) in [6, 6.07) is 11.6. The molecule has 0 unspecified atom stereocenters. The van der Waals surface area contributed by atoms with Crippen molar-refractivity contribution < 1.29 is 60.8 Å². The highest BCUT2D eigenvalue weighted by molar-refractivity contribution is 7.81. The topological polar surface area (TPSA) is 209 Å². The number of β-amino-alcohol motifs (C(OH)–C–C–N with tert-alkyl or cyclic N) is 1. The number of nitrogens with one attached hydrogen (secondary N) is 2. The first-order valence-electron chi connectivity index (χ1n) is 21.9. The highest BCUT2D eigenvalue weighted by atomic mass is 32.1. The number of anilines is 2. The van der Waals surface area contributed by atoms with Crippen LogP contribution in [0.3, 0.4) is 0 Å². The SMILES string of the molecule is COc1nc(OCCOCCOCC(=O)N[C@H](C(=O)N2C[C@H](O)C[C@H]2C(=O)NCc2ccc(-c3scnc3C)cc2)C(C)(C)C)ccc1N1C(=S)N(c2ccc(C#N)c(C(F)(F)F)c2F)C(=O)C1(C)C. The van der Waals surface area contributed by atoms with Gasteiger partial charge in [0.2, 0.25) is 29.5 Å². The van der Waals surface area contributed by atoms with Gasteiger partial charge in [-0.1, -0.05) is 45.0 Å². The number of pyridine rings is 1. The zero-order valence-corrected chi connectivity index (χ0v) is 40.9. The highest BCUT2D eigenvalue weighted by Gasteiger charge is 2.53. The molecule has 4 heterocycles. The second-order valence-electron chi connectivity index (χ2n) is 17.9.